The quantitative estimate of drug-likeness (QED) is 0.582. The van der Waals surface area contributed by atoms with Gasteiger partial charge < -0.3 is 20.3 Å². The Morgan fingerprint density at radius 2 is 1.88 bits per heavy atom. The molecule has 1 aliphatic heterocycles. The number of benzene rings is 1. The molecule has 1 saturated heterocycles. The lowest BCUT2D eigenvalue weighted by atomic mass is 9.97. The average molecular weight is 466 g/mol. The van der Waals surface area contributed by atoms with Crippen molar-refractivity contribution in [2.24, 2.45) is 5.41 Å². The van der Waals surface area contributed by atoms with E-state index in [0.29, 0.717) is 17.9 Å². The van der Waals surface area contributed by atoms with Gasteiger partial charge >= 0.3 is 0 Å². The molecule has 1 amide bonds. The lowest BCUT2D eigenvalue weighted by Crippen LogP contribution is -2.47. The van der Waals surface area contributed by atoms with Crippen LogP contribution in [0.15, 0.2) is 30.5 Å². The fraction of sp³-hybridized carbons (Fsp3) is 0.520. The van der Waals surface area contributed by atoms with Gasteiger partial charge in [-0.15, -0.1) is 0 Å². The number of nitrogens with one attached hydrogen (secondary N) is 2. The van der Waals surface area contributed by atoms with Gasteiger partial charge in [-0.3, -0.25) is 9.69 Å². The first-order chi connectivity index (χ1) is 16.3. The molecule has 34 heavy (non-hydrogen) atoms. The van der Waals surface area contributed by atoms with Gasteiger partial charge in [0.2, 0.25) is 5.82 Å². The Kier molecular flexibility index (Phi) is 8.79. The number of ether oxygens (including phenoxy) is 1. The van der Waals surface area contributed by atoms with E-state index in [-0.39, 0.29) is 23.7 Å². The number of methoxy groups -OCH3 is 1. The number of carbonyl (C=O) groups excluding carboxylic acids is 1. The molecule has 0 atom stereocenters. The van der Waals surface area contributed by atoms with Crippen LogP contribution in [0.3, 0.4) is 0 Å². The highest BCUT2D eigenvalue weighted by atomic mass is 16.5. The van der Waals surface area contributed by atoms with E-state index in [1.54, 1.807) is 13.3 Å². The van der Waals surface area contributed by atoms with Gasteiger partial charge in [-0.2, -0.15) is 5.26 Å². The normalized spacial score (nSPS) is 14.5. The van der Waals surface area contributed by atoms with Crippen LogP contribution >= 0.6 is 0 Å². The van der Waals surface area contributed by atoms with E-state index < -0.39 is 0 Å². The zero-order valence-electron chi connectivity index (χ0n) is 20.6. The topological polar surface area (TPSA) is 106 Å². The third-order valence-corrected chi connectivity index (χ3v) is 5.67. The molecule has 182 valence electrons. The first-order valence-corrected chi connectivity index (χ1v) is 11.6. The highest BCUT2D eigenvalue weighted by Gasteiger charge is 2.18. The molecule has 2 aromatic rings. The summed E-state index contributed by atoms with van der Waals surface area (Å²) in [6.07, 6.45) is 1.59. The average Bonchev–Trinajstić information content (AvgIpc) is 2.85. The monoisotopic (exact) mass is 465 g/mol. The van der Waals surface area contributed by atoms with E-state index in [9.17, 15) is 4.79 Å². The number of carbonyl (C=O) groups is 1. The molecule has 0 aliphatic carbocycles. The molecule has 0 radical (unpaired) electrons. The third kappa shape index (κ3) is 7.40. The number of anilines is 2. The number of rotatable bonds is 9. The largest absolute Gasteiger partial charge is 0.383 e. The van der Waals surface area contributed by atoms with Gasteiger partial charge in [-0.05, 0) is 29.7 Å². The summed E-state index contributed by atoms with van der Waals surface area (Å²) in [4.78, 5) is 25.8. The fourth-order valence-electron chi connectivity index (χ4n) is 3.64. The number of nitriles is 1. The van der Waals surface area contributed by atoms with Crippen LogP contribution in [0.25, 0.3) is 0 Å². The molecule has 1 aliphatic rings. The summed E-state index contributed by atoms with van der Waals surface area (Å²) < 4.78 is 5.17. The van der Waals surface area contributed by atoms with Crippen LogP contribution in [0, 0.1) is 16.7 Å². The summed E-state index contributed by atoms with van der Waals surface area (Å²) in [5.41, 5.74) is 2.49. The Bertz CT molecular complexity index is 988. The van der Waals surface area contributed by atoms with Crippen LogP contribution in [0.5, 0.6) is 0 Å². The molecule has 0 saturated carbocycles. The Labute approximate surface area is 202 Å². The van der Waals surface area contributed by atoms with Crippen molar-refractivity contribution in [2.75, 3.05) is 63.2 Å². The van der Waals surface area contributed by atoms with Crippen LogP contribution in [-0.2, 0) is 11.3 Å². The maximum absolute atomic E-state index is 12.7. The van der Waals surface area contributed by atoms with E-state index in [0.717, 1.165) is 50.6 Å². The van der Waals surface area contributed by atoms with Crippen molar-refractivity contribution in [3.63, 3.8) is 0 Å². The van der Waals surface area contributed by atoms with Crippen molar-refractivity contribution in [3.8, 4) is 6.07 Å². The van der Waals surface area contributed by atoms with Crippen LogP contribution in [0.1, 0.15) is 42.5 Å². The van der Waals surface area contributed by atoms with Crippen LogP contribution in [0.2, 0.25) is 0 Å². The van der Waals surface area contributed by atoms with Crippen LogP contribution in [0.4, 0.5) is 11.5 Å². The molecular weight excluding hydrogens is 430 g/mol. The van der Waals surface area contributed by atoms with Crippen LogP contribution < -0.4 is 15.5 Å². The van der Waals surface area contributed by atoms with E-state index in [2.05, 4.69) is 51.2 Å². The molecule has 2 heterocycles. The number of amides is 1. The first kappa shape index (κ1) is 25.4. The van der Waals surface area contributed by atoms with Gasteiger partial charge in [0, 0.05) is 75.9 Å². The zero-order chi connectivity index (χ0) is 24.6. The second-order valence-corrected chi connectivity index (χ2v) is 9.64. The molecule has 1 aromatic heterocycles. The van der Waals surface area contributed by atoms with Crippen molar-refractivity contribution >= 4 is 17.4 Å². The Hall–Kier alpha value is -3.22. The minimum absolute atomic E-state index is 0.0383. The third-order valence-electron chi connectivity index (χ3n) is 5.67. The predicted octanol–water partition coefficient (Wildman–Crippen LogP) is 2.50. The van der Waals surface area contributed by atoms with Gasteiger partial charge in [0.1, 0.15) is 11.9 Å². The molecular formula is C25H35N7O2. The smallest absolute Gasteiger partial charge is 0.251 e. The van der Waals surface area contributed by atoms with Crippen molar-refractivity contribution < 1.29 is 9.53 Å². The fourth-order valence-corrected chi connectivity index (χ4v) is 3.64. The summed E-state index contributed by atoms with van der Waals surface area (Å²) in [6, 6.07) is 9.68. The van der Waals surface area contributed by atoms with E-state index in [4.69, 9.17) is 10.00 Å². The molecule has 9 nitrogen and oxygen atoms in total. The van der Waals surface area contributed by atoms with E-state index in [1.807, 2.05) is 30.3 Å². The van der Waals surface area contributed by atoms with Crippen molar-refractivity contribution in [1.82, 2.24) is 20.2 Å². The lowest BCUT2D eigenvalue weighted by molar-refractivity contribution is 0.0951. The molecule has 0 spiro atoms. The zero-order valence-corrected chi connectivity index (χ0v) is 20.6. The van der Waals surface area contributed by atoms with Gasteiger partial charge in [0.05, 0.1) is 6.61 Å². The second-order valence-electron chi connectivity index (χ2n) is 9.64. The number of aromatic nitrogens is 2. The standard InChI is InChI=1S/C25H35N7O2/c1-25(2,3)18-29-23-20(16-27-22(15-26)30-23)17-28-24(33)19-5-7-21(8-6-19)32-11-9-31(10-12-32)13-14-34-4/h5-8,16H,9-14,17-18H2,1-4H3,(H,28,33)(H,27,29,30). The maximum Gasteiger partial charge on any atom is 0.251 e. The van der Waals surface area contributed by atoms with Crippen molar-refractivity contribution in [3.05, 3.63) is 47.4 Å². The highest BCUT2D eigenvalue weighted by Crippen LogP contribution is 2.19. The Balaban J connectivity index is 1.57. The highest BCUT2D eigenvalue weighted by molar-refractivity contribution is 5.94. The number of hydrogen-bond acceptors (Lipinski definition) is 8. The van der Waals surface area contributed by atoms with E-state index in [1.165, 1.54) is 0 Å². The summed E-state index contributed by atoms with van der Waals surface area (Å²) in [6.45, 7) is 12.9. The second kappa shape index (κ2) is 11.8. The van der Waals surface area contributed by atoms with Gasteiger partial charge in [0.15, 0.2) is 0 Å². The molecule has 1 fully saturated rings. The van der Waals surface area contributed by atoms with Gasteiger partial charge in [0.25, 0.3) is 5.91 Å². The number of piperazine rings is 1. The van der Waals surface area contributed by atoms with Gasteiger partial charge in [-0.25, -0.2) is 9.97 Å². The summed E-state index contributed by atoms with van der Waals surface area (Å²) >= 11 is 0. The molecule has 3 rings (SSSR count). The SMILES string of the molecule is COCCN1CCN(c2ccc(C(=O)NCc3cnc(C#N)nc3NCC(C)(C)C)cc2)CC1. The molecule has 2 N–H and O–H groups in total. The van der Waals surface area contributed by atoms with Crippen LogP contribution in [-0.4, -0.2) is 73.8 Å². The Morgan fingerprint density at radius 3 is 2.50 bits per heavy atom. The van der Waals surface area contributed by atoms with Crippen molar-refractivity contribution in [2.45, 2.75) is 27.3 Å². The lowest BCUT2D eigenvalue weighted by Gasteiger charge is -2.36. The summed E-state index contributed by atoms with van der Waals surface area (Å²) in [5.74, 6) is 0.505. The number of hydrogen-bond donors (Lipinski definition) is 2. The maximum atomic E-state index is 12.7. The minimum atomic E-state index is -0.165. The van der Waals surface area contributed by atoms with E-state index >= 15 is 0 Å². The minimum Gasteiger partial charge on any atom is -0.383 e. The number of nitrogens with zero attached hydrogens (tertiary/aromatic N) is 5. The molecule has 1 aromatic carbocycles. The first-order valence-electron chi connectivity index (χ1n) is 11.6. The molecule has 0 unspecified atom stereocenters. The molecule has 0 bridgehead atoms. The summed E-state index contributed by atoms with van der Waals surface area (Å²) in [7, 11) is 1.73. The predicted molar refractivity (Wildman–Crippen MR) is 133 cm³/mol. The molecule has 9 heteroatoms. The Morgan fingerprint density at radius 1 is 1.18 bits per heavy atom. The van der Waals surface area contributed by atoms with Gasteiger partial charge in [-0.1, -0.05) is 20.8 Å². The van der Waals surface area contributed by atoms with Crippen molar-refractivity contribution in [1.29, 1.82) is 5.26 Å². The summed E-state index contributed by atoms with van der Waals surface area (Å²) in [5, 5.41) is 15.3.